The Balaban J connectivity index is 2.36. The van der Waals surface area contributed by atoms with Gasteiger partial charge in [-0.2, -0.15) is 4.98 Å². The summed E-state index contributed by atoms with van der Waals surface area (Å²) in [6.45, 7) is 1.82. The number of hydrogen-bond acceptors (Lipinski definition) is 5. The highest BCUT2D eigenvalue weighted by Gasteiger charge is 2.18. The average Bonchev–Trinajstić information content (AvgIpc) is 2.69. The van der Waals surface area contributed by atoms with Crippen LogP contribution in [-0.2, 0) is 5.88 Å². The zero-order valence-corrected chi connectivity index (χ0v) is 12.1. The van der Waals surface area contributed by atoms with Gasteiger partial charge in [0.05, 0.1) is 15.7 Å². The first-order valence-corrected chi connectivity index (χ1v) is 6.88. The van der Waals surface area contributed by atoms with Crippen molar-refractivity contribution in [1.29, 1.82) is 0 Å². The van der Waals surface area contributed by atoms with Gasteiger partial charge in [0.1, 0.15) is 5.15 Å². The minimum Gasteiger partial charge on any atom is -0.423 e. The zero-order chi connectivity index (χ0) is 14.0. The summed E-state index contributed by atoms with van der Waals surface area (Å²) in [5.74, 6) is 0.354. The van der Waals surface area contributed by atoms with Gasteiger partial charge in [0.25, 0.3) is 5.19 Å². The third-order valence-corrected chi connectivity index (χ3v) is 4.04. The number of rotatable bonds is 4. The Morgan fingerprint density at radius 3 is 2.84 bits per heavy atom. The highest BCUT2D eigenvalue weighted by molar-refractivity contribution is 7.14. The molecule has 100 valence electrons. The molecule has 19 heavy (non-hydrogen) atoms. The molecule has 0 atom stereocenters. The number of nitro groups is 1. The van der Waals surface area contributed by atoms with Crippen LogP contribution in [0, 0.1) is 17.0 Å². The summed E-state index contributed by atoms with van der Waals surface area (Å²) in [5, 5.41) is 11.4. The van der Waals surface area contributed by atoms with E-state index in [9.17, 15) is 10.1 Å². The maximum atomic E-state index is 10.9. The summed E-state index contributed by atoms with van der Waals surface area (Å²) in [6, 6.07) is 4.61. The van der Waals surface area contributed by atoms with Crippen LogP contribution >= 0.6 is 34.5 Å². The lowest BCUT2D eigenvalue weighted by Gasteiger charge is -2.03. The van der Waals surface area contributed by atoms with Crippen LogP contribution in [0.25, 0.3) is 0 Å². The molecule has 0 aliphatic carbocycles. The lowest BCUT2D eigenvalue weighted by Crippen LogP contribution is -1.93. The second-order valence-electron chi connectivity index (χ2n) is 3.66. The normalized spacial score (nSPS) is 10.5. The summed E-state index contributed by atoms with van der Waals surface area (Å²) < 4.78 is 5.44. The molecular weight excluding hydrogens is 311 g/mol. The van der Waals surface area contributed by atoms with Crippen LogP contribution in [0.15, 0.2) is 18.2 Å². The maximum absolute atomic E-state index is 10.9. The van der Waals surface area contributed by atoms with E-state index in [1.54, 1.807) is 12.1 Å². The molecule has 1 aromatic carbocycles. The van der Waals surface area contributed by atoms with Crippen molar-refractivity contribution in [3.05, 3.63) is 43.9 Å². The largest absolute Gasteiger partial charge is 0.423 e. The van der Waals surface area contributed by atoms with Crippen molar-refractivity contribution in [3.63, 3.8) is 0 Å². The molecule has 0 unspecified atom stereocenters. The van der Waals surface area contributed by atoms with E-state index < -0.39 is 4.92 Å². The number of nitro benzene ring substituents is 1. The maximum Gasteiger partial charge on any atom is 0.311 e. The first-order valence-electron chi connectivity index (χ1n) is 5.15. The smallest absolute Gasteiger partial charge is 0.311 e. The minimum absolute atomic E-state index is 0.121. The molecule has 0 spiro atoms. The molecule has 2 aromatic rings. The van der Waals surface area contributed by atoms with E-state index in [4.69, 9.17) is 27.9 Å². The van der Waals surface area contributed by atoms with E-state index in [1.165, 1.54) is 6.07 Å². The molecule has 0 saturated carbocycles. The molecule has 0 fully saturated rings. The van der Waals surface area contributed by atoms with Gasteiger partial charge in [0, 0.05) is 6.07 Å². The fourth-order valence-electron chi connectivity index (χ4n) is 1.39. The second-order valence-corrected chi connectivity index (χ2v) is 5.33. The number of ether oxygens (including phenoxy) is 1. The number of hydrogen-bond donors (Lipinski definition) is 0. The number of alkyl halides is 1. The molecule has 0 saturated heterocycles. The van der Waals surface area contributed by atoms with Gasteiger partial charge in [-0.1, -0.05) is 29.0 Å². The van der Waals surface area contributed by atoms with E-state index in [-0.39, 0.29) is 27.7 Å². The third-order valence-electron chi connectivity index (χ3n) is 2.26. The molecule has 0 N–H and O–H groups in total. The zero-order valence-electron chi connectivity index (χ0n) is 9.72. The van der Waals surface area contributed by atoms with Crippen molar-refractivity contribution < 1.29 is 9.66 Å². The van der Waals surface area contributed by atoms with E-state index in [1.807, 2.05) is 6.92 Å². The summed E-state index contributed by atoms with van der Waals surface area (Å²) in [4.78, 5) is 15.0. The standard InChI is InChI=1S/C11H8Cl2N2O3S/c1-6-2-3-7(15(16)17)8(4-6)18-11-14-10(13)9(5-12)19-11/h2-4H,5H2,1H3. The lowest BCUT2D eigenvalue weighted by atomic mass is 10.2. The number of benzene rings is 1. The average molecular weight is 319 g/mol. The SMILES string of the molecule is Cc1ccc([N+](=O)[O-])c(Oc2nc(Cl)c(CCl)s2)c1. The molecule has 0 amide bonds. The van der Waals surface area contributed by atoms with Gasteiger partial charge in [-0.05, 0) is 18.6 Å². The van der Waals surface area contributed by atoms with Gasteiger partial charge in [0.15, 0.2) is 0 Å². The first-order chi connectivity index (χ1) is 9.01. The predicted octanol–water partition coefficient (Wildman–Crippen LogP) is 4.54. The summed E-state index contributed by atoms with van der Waals surface area (Å²) in [6.07, 6.45) is 0. The van der Waals surface area contributed by atoms with Crippen molar-refractivity contribution in [2.24, 2.45) is 0 Å². The third kappa shape index (κ3) is 3.15. The predicted molar refractivity (Wildman–Crippen MR) is 74.6 cm³/mol. The van der Waals surface area contributed by atoms with Gasteiger partial charge in [-0.15, -0.1) is 11.6 Å². The highest BCUT2D eigenvalue weighted by Crippen LogP contribution is 2.36. The molecule has 8 heteroatoms. The topological polar surface area (TPSA) is 65.3 Å². The molecule has 1 heterocycles. The number of halogens is 2. The molecule has 0 bridgehead atoms. The Morgan fingerprint density at radius 2 is 2.26 bits per heavy atom. The Bertz CT molecular complexity index is 630. The summed E-state index contributed by atoms with van der Waals surface area (Å²) >= 11 is 12.7. The lowest BCUT2D eigenvalue weighted by molar-refractivity contribution is -0.385. The van der Waals surface area contributed by atoms with Crippen LogP contribution in [-0.4, -0.2) is 9.91 Å². The molecule has 0 aliphatic rings. The second kappa shape index (κ2) is 5.73. The first kappa shape index (κ1) is 14.0. The molecular formula is C11H8Cl2N2O3S. The molecule has 0 radical (unpaired) electrons. The molecule has 5 nitrogen and oxygen atoms in total. The van der Waals surface area contributed by atoms with Gasteiger partial charge < -0.3 is 4.74 Å². The van der Waals surface area contributed by atoms with Crippen LogP contribution in [0.3, 0.4) is 0 Å². The minimum atomic E-state index is -0.507. The van der Waals surface area contributed by atoms with Crippen molar-refractivity contribution in [2.75, 3.05) is 0 Å². The summed E-state index contributed by atoms with van der Waals surface area (Å²) in [5.41, 5.74) is 0.727. The molecule has 2 rings (SSSR count). The number of nitrogens with zero attached hydrogens (tertiary/aromatic N) is 2. The van der Waals surface area contributed by atoms with Crippen LogP contribution in [0.1, 0.15) is 10.4 Å². The van der Waals surface area contributed by atoms with Crippen LogP contribution < -0.4 is 4.74 Å². The van der Waals surface area contributed by atoms with E-state index >= 15 is 0 Å². The van der Waals surface area contributed by atoms with Crippen molar-refractivity contribution >= 4 is 40.2 Å². The molecule has 1 aromatic heterocycles. The van der Waals surface area contributed by atoms with Crippen molar-refractivity contribution in [3.8, 4) is 10.9 Å². The van der Waals surface area contributed by atoms with Crippen LogP contribution in [0.5, 0.6) is 10.9 Å². The van der Waals surface area contributed by atoms with E-state index in [0.717, 1.165) is 16.9 Å². The fraction of sp³-hybridized carbons (Fsp3) is 0.182. The number of aryl methyl sites for hydroxylation is 1. The summed E-state index contributed by atoms with van der Waals surface area (Å²) in [7, 11) is 0. The number of thiazole rings is 1. The van der Waals surface area contributed by atoms with Crippen molar-refractivity contribution in [1.82, 2.24) is 4.98 Å². The monoisotopic (exact) mass is 318 g/mol. The van der Waals surface area contributed by atoms with Gasteiger partial charge in [-0.3, -0.25) is 10.1 Å². The Labute approximate surface area is 122 Å². The molecule has 0 aliphatic heterocycles. The Kier molecular flexibility index (Phi) is 4.24. The van der Waals surface area contributed by atoms with Crippen LogP contribution in [0.2, 0.25) is 5.15 Å². The van der Waals surface area contributed by atoms with Gasteiger partial charge in [0.2, 0.25) is 5.75 Å². The van der Waals surface area contributed by atoms with E-state index in [2.05, 4.69) is 4.98 Å². The Hall–Kier alpha value is -1.37. The van der Waals surface area contributed by atoms with E-state index in [0.29, 0.717) is 4.88 Å². The fourth-order valence-corrected chi connectivity index (χ4v) is 2.72. The van der Waals surface area contributed by atoms with Gasteiger partial charge in [-0.25, -0.2) is 0 Å². The van der Waals surface area contributed by atoms with Crippen LogP contribution in [0.4, 0.5) is 5.69 Å². The van der Waals surface area contributed by atoms with Crippen molar-refractivity contribution in [2.45, 2.75) is 12.8 Å². The quantitative estimate of drug-likeness (QED) is 0.471. The highest BCUT2D eigenvalue weighted by atomic mass is 35.5. The Morgan fingerprint density at radius 1 is 1.53 bits per heavy atom. The van der Waals surface area contributed by atoms with Gasteiger partial charge >= 0.3 is 5.69 Å². The number of aromatic nitrogens is 1.